The molecule has 0 aliphatic carbocycles. The Balaban J connectivity index is 1.72. The van der Waals surface area contributed by atoms with Gasteiger partial charge < -0.3 is 15.2 Å². The molecule has 1 fully saturated rings. The first-order valence-electron chi connectivity index (χ1n) is 7.35. The summed E-state index contributed by atoms with van der Waals surface area (Å²) in [5, 5.41) is 11.8. The molecule has 5 nitrogen and oxygen atoms in total. The second-order valence-electron chi connectivity index (χ2n) is 5.30. The number of nitrogens with one attached hydrogen (secondary N) is 1. The molecule has 0 spiro atoms. The van der Waals surface area contributed by atoms with Gasteiger partial charge in [0, 0.05) is 13.2 Å². The van der Waals surface area contributed by atoms with Crippen LogP contribution in [0.25, 0.3) is 0 Å². The molecule has 1 saturated heterocycles. The van der Waals surface area contributed by atoms with Crippen molar-refractivity contribution < 1.29 is 19.4 Å². The molecule has 1 unspecified atom stereocenters. The van der Waals surface area contributed by atoms with Crippen LogP contribution in [-0.4, -0.2) is 36.2 Å². The van der Waals surface area contributed by atoms with Gasteiger partial charge in [-0.1, -0.05) is 12.1 Å². The van der Waals surface area contributed by atoms with Crippen molar-refractivity contribution in [1.29, 1.82) is 0 Å². The highest BCUT2D eigenvalue weighted by Gasteiger charge is 2.17. The quantitative estimate of drug-likeness (QED) is 0.840. The Bertz CT molecular complexity index is 495. The van der Waals surface area contributed by atoms with Gasteiger partial charge in [0.15, 0.2) is 0 Å². The van der Waals surface area contributed by atoms with Crippen LogP contribution in [0.2, 0.25) is 0 Å². The lowest BCUT2D eigenvalue weighted by atomic mass is 10.1. The molecule has 0 aromatic heterocycles. The summed E-state index contributed by atoms with van der Waals surface area (Å²) in [6, 6.07) is 6.78. The van der Waals surface area contributed by atoms with E-state index in [2.05, 4.69) is 5.32 Å². The Labute approximate surface area is 124 Å². The maximum absolute atomic E-state index is 11.8. The van der Waals surface area contributed by atoms with Crippen LogP contribution in [0.5, 0.6) is 0 Å². The van der Waals surface area contributed by atoms with Crippen LogP contribution in [0.4, 0.5) is 0 Å². The normalized spacial score (nSPS) is 18.2. The first-order valence-corrected chi connectivity index (χ1v) is 7.35. The molecule has 1 atom stereocenters. The van der Waals surface area contributed by atoms with Gasteiger partial charge in [-0.05, 0) is 43.4 Å². The SMILES string of the molecule is O=C(CC1CCCCO1)NCCc1cccc(C(=O)O)c1. The lowest BCUT2D eigenvalue weighted by Crippen LogP contribution is -2.31. The van der Waals surface area contributed by atoms with Crippen LogP contribution in [0.15, 0.2) is 24.3 Å². The minimum absolute atomic E-state index is 0.00344. The van der Waals surface area contributed by atoms with Crippen molar-refractivity contribution in [3.05, 3.63) is 35.4 Å². The van der Waals surface area contributed by atoms with E-state index < -0.39 is 5.97 Å². The molecule has 2 rings (SSSR count). The van der Waals surface area contributed by atoms with Crippen molar-refractivity contribution in [3.63, 3.8) is 0 Å². The number of carboxylic acids is 1. The van der Waals surface area contributed by atoms with Crippen LogP contribution in [0.3, 0.4) is 0 Å². The monoisotopic (exact) mass is 291 g/mol. The van der Waals surface area contributed by atoms with Crippen LogP contribution in [0.1, 0.15) is 41.6 Å². The third kappa shape index (κ3) is 5.19. The number of ether oxygens (including phenoxy) is 1. The van der Waals surface area contributed by atoms with Gasteiger partial charge >= 0.3 is 5.97 Å². The molecule has 0 saturated carbocycles. The number of benzene rings is 1. The summed E-state index contributed by atoms with van der Waals surface area (Å²) in [5.74, 6) is -0.938. The van der Waals surface area contributed by atoms with Crippen molar-refractivity contribution >= 4 is 11.9 Å². The van der Waals surface area contributed by atoms with Gasteiger partial charge in [0.2, 0.25) is 5.91 Å². The Hall–Kier alpha value is -1.88. The van der Waals surface area contributed by atoms with E-state index in [4.69, 9.17) is 9.84 Å². The molecular weight excluding hydrogens is 270 g/mol. The number of carboxylic acid groups (broad SMARTS) is 1. The largest absolute Gasteiger partial charge is 0.478 e. The summed E-state index contributed by atoms with van der Waals surface area (Å²) in [4.78, 5) is 22.7. The minimum Gasteiger partial charge on any atom is -0.478 e. The zero-order valence-corrected chi connectivity index (χ0v) is 12.0. The van der Waals surface area contributed by atoms with Gasteiger partial charge in [0.25, 0.3) is 0 Å². The Morgan fingerprint density at radius 1 is 1.33 bits per heavy atom. The molecule has 5 heteroatoms. The fourth-order valence-electron chi connectivity index (χ4n) is 2.45. The Morgan fingerprint density at radius 3 is 2.90 bits per heavy atom. The number of hydrogen-bond acceptors (Lipinski definition) is 3. The van der Waals surface area contributed by atoms with Gasteiger partial charge in [-0.15, -0.1) is 0 Å². The summed E-state index contributed by atoms with van der Waals surface area (Å²) in [6.07, 6.45) is 4.24. The van der Waals surface area contributed by atoms with Gasteiger partial charge in [0.05, 0.1) is 18.1 Å². The first kappa shape index (κ1) is 15.5. The second kappa shape index (κ2) is 7.78. The van der Waals surface area contributed by atoms with E-state index in [1.54, 1.807) is 18.2 Å². The van der Waals surface area contributed by atoms with E-state index >= 15 is 0 Å². The van der Waals surface area contributed by atoms with Crippen LogP contribution in [-0.2, 0) is 16.0 Å². The van der Waals surface area contributed by atoms with Crippen LogP contribution >= 0.6 is 0 Å². The molecule has 1 aliphatic heterocycles. The van der Waals surface area contributed by atoms with E-state index in [-0.39, 0.29) is 17.6 Å². The number of hydrogen-bond donors (Lipinski definition) is 2. The van der Waals surface area contributed by atoms with E-state index in [0.29, 0.717) is 19.4 Å². The van der Waals surface area contributed by atoms with Gasteiger partial charge in [-0.3, -0.25) is 4.79 Å². The number of rotatable bonds is 6. The standard InChI is InChI=1S/C16H21NO4/c18-15(11-14-6-1-2-9-21-14)17-8-7-12-4-3-5-13(10-12)16(19)20/h3-5,10,14H,1-2,6-9,11H2,(H,17,18)(H,19,20). The fourth-order valence-corrected chi connectivity index (χ4v) is 2.45. The van der Waals surface area contributed by atoms with E-state index in [1.807, 2.05) is 6.07 Å². The van der Waals surface area contributed by atoms with Crippen molar-refractivity contribution in [3.8, 4) is 0 Å². The van der Waals surface area contributed by atoms with Crippen molar-refractivity contribution in [1.82, 2.24) is 5.32 Å². The molecular formula is C16H21NO4. The maximum Gasteiger partial charge on any atom is 0.335 e. The molecule has 1 heterocycles. The van der Waals surface area contributed by atoms with Crippen LogP contribution < -0.4 is 5.32 Å². The lowest BCUT2D eigenvalue weighted by Gasteiger charge is -2.21. The van der Waals surface area contributed by atoms with Gasteiger partial charge in [0.1, 0.15) is 0 Å². The molecule has 0 radical (unpaired) electrons. The van der Waals surface area contributed by atoms with Crippen molar-refractivity contribution in [2.75, 3.05) is 13.2 Å². The average Bonchev–Trinajstić information content (AvgIpc) is 2.48. The summed E-state index contributed by atoms with van der Waals surface area (Å²) in [6.45, 7) is 1.26. The molecule has 114 valence electrons. The average molecular weight is 291 g/mol. The topological polar surface area (TPSA) is 75.6 Å². The van der Waals surface area contributed by atoms with Crippen molar-refractivity contribution in [2.24, 2.45) is 0 Å². The summed E-state index contributed by atoms with van der Waals surface area (Å²) in [5.41, 5.74) is 1.18. The second-order valence-corrected chi connectivity index (χ2v) is 5.30. The highest BCUT2D eigenvalue weighted by atomic mass is 16.5. The highest BCUT2D eigenvalue weighted by molar-refractivity contribution is 5.87. The molecule has 1 aromatic rings. The number of amides is 1. The lowest BCUT2D eigenvalue weighted by molar-refractivity contribution is -0.124. The predicted molar refractivity (Wildman–Crippen MR) is 78.3 cm³/mol. The first-order chi connectivity index (χ1) is 10.1. The number of carbonyl (C=O) groups excluding carboxylic acids is 1. The van der Waals surface area contributed by atoms with E-state index in [9.17, 15) is 9.59 Å². The molecule has 1 amide bonds. The number of aromatic carboxylic acids is 1. The smallest absolute Gasteiger partial charge is 0.335 e. The van der Waals surface area contributed by atoms with E-state index in [1.165, 1.54) is 0 Å². The minimum atomic E-state index is -0.935. The number of carbonyl (C=O) groups is 2. The molecule has 21 heavy (non-hydrogen) atoms. The zero-order chi connectivity index (χ0) is 15.1. The molecule has 1 aliphatic rings. The van der Waals surface area contributed by atoms with Crippen LogP contribution in [0, 0.1) is 0 Å². The van der Waals surface area contributed by atoms with Gasteiger partial charge in [-0.2, -0.15) is 0 Å². The highest BCUT2D eigenvalue weighted by Crippen LogP contribution is 2.15. The zero-order valence-electron chi connectivity index (χ0n) is 12.0. The van der Waals surface area contributed by atoms with E-state index in [0.717, 1.165) is 31.4 Å². The van der Waals surface area contributed by atoms with Gasteiger partial charge in [-0.25, -0.2) is 4.79 Å². The third-order valence-corrected chi connectivity index (χ3v) is 3.60. The molecule has 0 bridgehead atoms. The Kier molecular flexibility index (Phi) is 5.75. The maximum atomic E-state index is 11.8. The Morgan fingerprint density at radius 2 is 2.19 bits per heavy atom. The molecule has 2 N–H and O–H groups in total. The fraction of sp³-hybridized carbons (Fsp3) is 0.500. The molecule has 1 aromatic carbocycles. The summed E-state index contributed by atoms with van der Waals surface area (Å²) < 4.78 is 5.53. The predicted octanol–water partition coefficient (Wildman–Crippen LogP) is 2.00. The summed E-state index contributed by atoms with van der Waals surface area (Å²) >= 11 is 0. The summed E-state index contributed by atoms with van der Waals surface area (Å²) in [7, 11) is 0. The third-order valence-electron chi connectivity index (χ3n) is 3.60. The van der Waals surface area contributed by atoms with Crippen molar-refractivity contribution in [2.45, 2.75) is 38.2 Å².